The number of ketones is 1. The predicted octanol–water partition coefficient (Wildman–Crippen LogP) is 2.26. The number of anilines is 1. The van der Waals surface area contributed by atoms with Crippen molar-refractivity contribution in [3.8, 4) is 0 Å². The lowest BCUT2D eigenvalue weighted by molar-refractivity contribution is -0.884. The quantitative estimate of drug-likeness (QED) is 0.794. The lowest BCUT2D eigenvalue weighted by Gasteiger charge is -2.13. The third kappa shape index (κ3) is 4.94. The second-order valence-electron chi connectivity index (χ2n) is 5.20. The van der Waals surface area contributed by atoms with E-state index in [2.05, 4.69) is 5.32 Å². The predicted molar refractivity (Wildman–Crippen MR) is 89.9 cm³/mol. The summed E-state index contributed by atoms with van der Waals surface area (Å²) in [5, 5.41) is 2.84. The van der Waals surface area contributed by atoms with Gasteiger partial charge in [-0.25, -0.2) is 0 Å². The van der Waals surface area contributed by atoms with Crippen molar-refractivity contribution in [2.45, 2.75) is 13.5 Å². The number of hydrogen-bond donors (Lipinski definition) is 2. The van der Waals surface area contributed by atoms with Gasteiger partial charge in [-0.2, -0.15) is 0 Å². The number of rotatable bonds is 6. The summed E-state index contributed by atoms with van der Waals surface area (Å²) in [5.41, 5.74) is 1.33. The molecule has 1 aromatic carbocycles. The third-order valence-corrected chi connectivity index (χ3v) is 4.37. The molecule has 0 spiro atoms. The molecule has 1 amide bonds. The molecule has 0 fully saturated rings. The van der Waals surface area contributed by atoms with Crippen molar-refractivity contribution in [2.75, 3.05) is 18.9 Å². The summed E-state index contributed by atoms with van der Waals surface area (Å²) in [5.74, 6) is -0.0487. The summed E-state index contributed by atoms with van der Waals surface area (Å²) in [6.07, 6.45) is 0. The Kier molecular flexibility index (Phi) is 5.71. The van der Waals surface area contributed by atoms with E-state index in [0.717, 1.165) is 20.7 Å². The minimum atomic E-state index is -0.0595. The standard InChI is InChI=1S/C16H17ClN2O2S/c1-11(20)12-3-5-13(6-4-12)18-16(21)10-19(2)9-14-7-8-15(17)22-14/h3-8H,9-10H2,1-2H3,(H,18,21)/p+1. The van der Waals surface area contributed by atoms with E-state index < -0.39 is 0 Å². The maximum Gasteiger partial charge on any atom is 0.279 e. The van der Waals surface area contributed by atoms with Crippen LogP contribution in [-0.4, -0.2) is 25.3 Å². The highest BCUT2D eigenvalue weighted by Gasteiger charge is 2.12. The summed E-state index contributed by atoms with van der Waals surface area (Å²) in [7, 11) is 1.96. The molecule has 0 aliphatic rings. The molecule has 116 valence electrons. The number of Topliss-reactive ketones (excluding diaryl/α,β-unsaturated/α-hetero) is 1. The summed E-state index contributed by atoms with van der Waals surface area (Å²) < 4.78 is 0.762. The van der Waals surface area contributed by atoms with Gasteiger partial charge in [0, 0.05) is 11.3 Å². The second kappa shape index (κ2) is 7.54. The van der Waals surface area contributed by atoms with Crippen molar-refractivity contribution < 1.29 is 14.5 Å². The molecule has 22 heavy (non-hydrogen) atoms. The maximum atomic E-state index is 12.0. The van der Waals surface area contributed by atoms with Gasteiger partial charge in [0.25, 0.3) is 5.91 Å². The number of amides is 1. The van der Waals surface area contributed by atoms with Crippen LogP contribution in [0.5, 0.6) is 0 Å². The van der Waals surface area contributed by atoms with Crippen LogP contribution in [0.15, 0.2) is 36.4 Å². The van der Waals surface area contributed by atoms with E-state index in [1.807, 2.05) is 19.2 Å². The molecule has 0 radical (unpaired) electrons. The number of quaternary nitrogens is 1. The summed E-state index contributed by atoms with van der Waals surface area (Å²) in [4.78, 5) is 25.4. The molecule has 1 atom stereocenters. The van der Waals surface area contributed by atoms with E-state index in [1.54, 1.807) is 24.3 Å². The molecule has 0 aliphatic carbocycles. The van der Waals surface area contributed by atoms with Gasteiger partial charge >= 0.3 is 0 Å². The van der Waals surface area contributed by atoms with Crippen LogP contribution in [-0.2, 0) is 11.3 Å². The molecule has 2 aromatic rings. The minimum absolute atomic E-state index is 0.0108. The van der Waals surface area contributed by atoms with Crippen LogP contribution in [0.1, 0.15) is 22.2 Å². The summed E-state index contributed by atoms with van der Waals surface area (Å²) >= 11 is 7.43. The molecule has 2 N–H and O–H groups in total. The number of carbonyl (C=O) groups is 2. The average molecular weight is 338 g/mol. The van der Waals surface area contributed by atoms with E-state index in [9.17, 15) is 9.59 Å². The smallest absolute Gasteiger partial charge is 0.279 e. The Bertz CT molecular complexity index is 667. The monoisotopic (exact) mass is 337 g/mol. The Morgan fingerprint density at radius 1 is 1.18 bits per heavy atom. The largest absolute Gasteiger partial charge is 0.325 e. The summed E-state index contributed by atoms with van der Waals surface area (Å²) in [6.45, 7) is 2.64. The van der Waals surface area contributed by atoms with Crippen molar-refractivity contribution in [1.82, 2.24) is 0 Å². The van der Waals surface area contributed by atoms with E-state index >= 15 is 0 Å². The van der Waals surface area contributed by atoms with Gasteiger partial charge in [0.15, 0.2) is 12.3 Å². The number of hydrogen-bond acceptors (Lipinski definition) is 3. The first-order valence-corrected chi connectivity index (χ1v) is 8.10. The van der Waals surface area contributed by atoms with E-state index in [-0.39, 0.29) is 11.7 Å². The fourth-order valence-corrected chi connectivity index (χ4v) is 3.28. The first-order chi connectivity index (χ1) is 10.4. The molecule has 1 unspecified atom stereocenters. The van der Waals surface area contributed by atoms with Crippen LogP contribution >= 0.6 is 22.9 Å². The molecule has 1 aromatic heterocycles. The normalized spacial score (nSPS) is 12.0. The lowest BCUT2D eigenvalue weighted by atomic mass is 10.1. The number of halogens is 1. The first kappa shape index (κ1) is 16.7. The van der Waals surface area contributed by atoms with E-state index in [0.29, 0.717) is 17.8 Å². The van der Waals surface area contributed by atoms with Crippen molar-refractivity contribution >= 4 is 40.3 Å². The van der Waals surface area contributed by atoms with Gasteiger partial charge in [0.05, 0.1) is 16.3 Å². The Morgan fingerprint density at radius 2 is 1.86 bits per heavy atom. The fourth-order valence-electron chi connectivity index (χ4n) is 2.07. The molecule has 0 saturated heterocycles. The highest BCUT2D eigenvalue weighted by Crippen LogP contribution is 2.20. The van der Waals surface area contributed by atoms with Crippen LogP contribution in [0.3, 0.4) is 0 Å². The number of thiophene rings is 1. The highest BCUT2D eigenvalue weighted by atomic mass is 35.5. The SMILES string of the molecule is CC(=O)c1ccc(NC(=O)C[NH+](C)Cc2ccc(Cl)s2)cc1. The lowest BCUT2D eigenvalue weighted by Crippen LogP contribution is -3.08. The Balaban J connectivity index is 1.85. The molecular weight excluding hydrogens is 320 g/mol. The van der Waals surface area contributed by atoms with Crippen molar-refractivity contribution in [3.63, 3.8) is 0 Å². The van der Waals surface area contributed by atoms with Crippen LogP contribution in [0.4, 0.5) is 5.69 Å². The highest BCUT2D eigenvalue weighted by molar-refractivity contribution is 7.16. The zero-order valence-electron chi connectivity index (χ0n) is 12.5. The fraction of sp³-hybridized carbons (Fsp3) is 0.250. The maximum absolute atomic E-state index is 12.0. The van der Waals surface area contributed by atoms with Crippen LogP contribution < -0.4 is 10.2 Å². The minimum Gasteiger partial charge on any atom is -0.325 e. The van der Waals surface area contributed by atoms with E-state index in [1.165, 1.54) is 18.3 Å². The van der Waals surface area contributed by atoms with E-state index in [4.69, 9.17) is 11.6 Å². The Morgan fingerprint density at radius 3 is 2.41 bits per heavy atom. The number of carbonyl (C=O) groups excluding carboxylic acids is 2. The number of nitrogens with one attached hydrogen (secondary N) is 2. The number of likely N-dealkylation sites (N-methyl/N-ethyl adjacent to an activating group) is 1. The molecular formula is C16H18ClN2O2S+. The third-order valence-electron chi connectivity index (χ3n) is 3.14. The van der Waals surface area contributed by atoms with Crippen molar-refractivity contribution in [3.05, 3.63) is 51.2 Å². The van der Waals surface area contributed by atoms with Gasteiger partial charge in [-0.05, 0) is 43.3 Å². The Labute approximate surface area is 138 Å². The molecule has 2 rings (SSSR count). The van der Waals surface area contributed by atoms with Gasteiger partial charge in [0.1, 0.15) is 6.54 Å². The average Bonchev–Trinajstić information content (AvgIpc) is 2.84. The Hall–Kier alpha value is -1.69. The van der Waals surface area contributed by atoms with Gasteiger partial charge < -0.3 is 10.2 Å². The van der Waals surface area contributed by atoms with Gasteiger partial charge in [-0.15, -0.1) is 11.3 Å². The summed E-state index contributed by atoms with van der Waals surface area (Å²) in [6, 6.07) is 10.7. The van der Waals surface area contributed by atoms with Crippen molar-refractivity contribution in [2.24, 2.45) is 0 Å². The van der Waals surface area contributed by atoms with Crippen LogP contribution in [0.2, 0.25) is 4.34 Å². The zero-order valence-corrected chi connectivity index (χ0v) is 14.1. The second-order valence-corrected chi connectivity index (χ2v) is 7.00. The van der Waals surface area contributed by atoms with Crippen LogP contribution in [0, 0.1) is 0 Å². The molecule has 0 saturated carbocycles. The first-order valence-electron chi connectivity index (χ1n) is 6.90. The molecule has 1 heterocycles. The van der Waals surface area contributed by atoms with Crippen molar-refractivity contribution in [1.29, 1.82) is 0 Å². The van der Waals surface area contributed by atoms with Gasteiger partial charge in [-0.1, -0.05) is 11.6 Å². The van der Waals surface area contributed by atoms with Gasteiger partial charge in [0.2, 0.25) is 0 Å². The molecule has 4 nitrogen and oxygen atoms in total. The van der Waals surface area contributed by atoms with Crippen LogP contribution in [0.25, 0.3) is 0 Å². The molecule has 0 aliphatic heterocycles. The molecule has 0 bridgehead atoms. The topological polar surface area (TPSA) is 50.6 Å². The van der Waals surface area contributed by atoms with Gasteiger partial charge in [-0.3, -0.25) is 9.59 Å². The zero-order chi connectivity index (χ0) is 16.1. The number of benzene rings is 1. The molecule has 6 heteroatoms.